The largest absolute Gasteiger partial charge is 0.278 e. The number of para-hydroxylation sites is 1. The van der Waals surface area contributed by atoms with E-state index in [1.807, 2.05) is 0 Å². The van der Waals surface area contributed by atoms with Crippen molar-refractivity contribution in [3.05, 3.63) is 74.8 Å². The molecule has 0 bridgehead atoms. The van der Waals surface area contributed by atoms with Crippen LogP contribution < -0.4 is 5.43 Å². The molecule has 0 atom stereocenters. The second-order valence-electron chi connectivity index (χ2n) is 4.03. The van der Waals surface area contributed by atoms with Gasteiger partial charge in [-0.3, -0.25) is 14.9 Å². The zero-order valence-electron chi connectivity index (χ0n) is 10.7. The fourth-order valence-electron chi connectivity index (χ4n) is 1.62. The van der Waals surface area contributed by atoms with Crippen LogP contribution in [-0.4, -0.2) is 17.0 Å². The van der Waals surface area contributed by atoms with Gasteiger partial charge in [0.25, 0.3) is 11.6 Å². The van der Waals surface area contributed by atoms with Gasteiger partial charge in [0.2, 0.25) is 0 Å². The zero-order chi connectivity index (χ0) is 15.2. The first-order chi connectivity index (χ1) is 10.1. The first-order valence-corrected chi connectivity index (χ1v) is 6.28. The third kappa shape index (κ3) is 3.87. The molecule has 0 spiro atoms. The number of carbonyl (C=O) groups excluding carboxylic acids is 1. The number of hydrazone groups is 1. The smallest absolute Gasteiger partial charge is 0.267 e. The van der Waals surface area contributed by atoms with Gasteiger partial charge in [-0.25, -0.2) is 5.43 Å². The third-order valence-electron chi connectivity index (χ3n) is 2.59. The molecule has 2 rings (SSSR count). The zero-order valence-corrected chi connectivity index (χ0v) is 11.4. The molecule has 0 saturated heterocycles. The summed E-state index contributed by atoms with van der Waals surface area (Å²) < 4.78 is 0. The molecule has 21 heavy (non-hydrogen) atoms. The highest BCUT2D eigenvalue weighted by Gasteiger charge is 2.10. The van der Waals surface area contributed by atoms with Crippen LogP contribution >= 0.6 is 11.6 Å². The van der Waals surface area contributed by atoms with Crippen molar-refractivity contribution < 1.29 is 9.72 Å². The Morgan fingerprint density at radius 1 is 1.24 bits per heavy atom. The molecule has 1 N–H and O–H groups in total. The predicted octanol–water partition coefficient (Wildman–Crippen LogP) is 3.01. The van der Waals surface area contributed by atoms with Crippen LogP contribution in [0, 0.1) is 10.1 Å². The SMILES string of the molecule is O=C(N/N=C/c1ccccc1[N+](=O)[O-])c1cccc(Cl)c1. The molecular weight excluding hydrogens is 294 g/mol. The van der Waals surface area contributed by atoms with E-state index in [0.717, 1.165) is 0 Å². The minimum absolute atomic E-state index is 0.0849. The van der Waals surface area contributed by atoms with E-state index >= 15 is 0 Å². The van der Waals surface area contributed by atoms with Crippen molar-refractivity contribution in [2.45, 2.75) is 0 Å². The third-order valence-corrected chi connectivity index (χ3v) is 2.83. The molecule has 2 aromatic carbocycles. The molecule has 0 aliphatic heterocycles. The van der Waals surface area contributed by atoms with Crippen molar-refractivity contribution in [3.63, 3.8) is 0 Å². The van der Waals surface area contributed by atoms with E-state index in [2.05, 4.69) is 10.5 Å². The summed E-state index contributed by atoms with van der Waals surface area (Å²) >= 11 is 5.78. The number of amides is 1. The maximum absolute atomic E-state index is 11.8. The molecule has 7 heteroatoms. The summed E-state index contributed by atoms with van der Waals surface area (Å²) in [5.74, 6) is -0.452. The lowest BCUT2D eigenvalue weighted by molar-refractivity contribution is -0.385. The fourth-order valence-corrected chi connectivity index (χ4v) is 1.81. The van der Waals surface area contributed by atoms with Crippen LogP contribution in [0.25, 0.3) is 0 Å². The molecule has 0 unspecified atom stereocenters. The van der Waals surface area contributed by atoms with Crippen LogP contribution in [0.5, 0.6) is 0 Å². The van der Waals surface area contributed by atoms with Gasteiger partial charge in [0, 0.05) is 16.7 Å². The van der Waals surface area contributed by atoms with E-state index in [0.29, 0.717) is 16.1 Å². The Balaban J connectivity index is 2.09. The van der Waals surface area contributed by atoms with Crippen LogP contribution in [0.1, 0.15) is 15.9 Å². The minimum atomic E-state index is -0.514. The Bertz CT molecular complexity index is 716. The quantitative estimate of drug-likeness (QED) is 0.535. The van der Waals surface area contributed by atoms with E-state index in [1.165, 1.54) is 24.4 Å². The van der Waals surface area contributed by atoms with Gasteiger partial charge in [0.05, 0.1) is 16.7 Å². The van der Waals surface area contributed by atoms with Crippen molar-refractivity contribution >= 4 is 29.4 Å². The molecule has 6 nitrogen and oxygen atoms in total. The average Bonchev–Trinajstić information content (AvgIpc) is 2.47. The van der Waals surface area contributed by atoms with Gasteiger partial charge in [0.15, 0.2) is 0 Å². The summed E-state index contributed by atoms with van der Waals surface area (Å²) in [7, 11) is 0. The first kappa shape index (κ1) is 14.7. The number of nitrogens with one attached hydrogen (secondary N) is 1. The molecule has 0 radical (unpaired) electrons. The second kappa shape index (κ2) is 6.62. The van der Waals surface area contributed by atoms with Gasteiger partial charge >= 0.3 is 0 Å². The number of hydrogen-bond acceptors (Lipinski definition) is 4. The molecule has 0 aliphatic carbocycles. The van der Waals surface area contributed by atoms with Gasteiger partial charge in [-0.15, -0.1) is 0 Å². The number of carbonyl (C=O) groups is 1. The number of benzene rings is 2. The standard InChI is InChI=1S/C14H10ClN3O3/c15-12-6-3-5-10(8-12)14(19)17-16-9-11-4-1-2-7-13(11)18(20)21/h1-9H,(H,17,19)/b16-9+. The molecule has 0 aliphatic rings. The summed E-state index contributed by atoms with van der Waals surface area (Å²) in [4.78, 5) is 22.1. The molecule has 0 fully saturated rings. The van der Waals surface area contributed by atoms with E-state index in [1.54, 1.807) is 30.3 Å². The molecule has 0 saturated carbocycles. The van der Waals surface area contributed by atoms with Crippen molar-refractivity contribution in [1.82, 2.24) is 5.43 Å². The van der Waals surface area contributed by atoms with Crippen molar-refractivity contribution in [3.8, 4) is 0 Å². The Morgan fingerprint density at radius 3 is 2.71 bits per heavy atom. The number of nitrogens with zero attached hydrogens (tertiary/aromatic N) is 2. The maximum atomic E-state index is 11.8. The highest BCUT2D eigenvalue weighted by Crippen LogP contribution is 2.15. The van der Waals surface area contributed by atoms with Crippen LogP contribution in [0.2, 0.25) is 5.02 Å². The normalized spacial score (nSPS) is 10.5. The Morgan fingerprint density at radius 2 is 2.00 bits per heavy atom. The van der Waals surface area contributed by atoms with Gasteiger partial charge < -0.3 is 0 Å². The summed E-state index contributed by atoms with van der Waals surface area (Å²) in [6, 6.07) is 12.5. The van der Waals surface area contributed by atoms with Gasteiger partial charge in [-0.05, 0) is 24.3 Å². The molecular formula is C14H10ClN3O3. The number of hydrogen-bond donors (Lipinski definition) is 1. The lowest BCUT2D eigenvalue weighted by Gasteiger charge is -2.00. The Kier molecular flexibility index (Phi) is 4.63. The van der Waals surface area contributed by atoms with Crippen LogP contribution in [0.3, 0.4) is 0 Å². The number of nitro benzene ring substituents is 1. The highest BCUT2D eigenvalue weighted by molar-refractivity contribution is 6.30. The average molecular weight is 304 g/mol. The topological polar surface area (TPSA) is 84.6 Å². The van der Waals surface area contributed by atoms with Crippen molar-refractivity contribution in [2.75, 3.05) is 0 Å². The molecule has 106 valence electrons. The van der Waals surface area contributed by atoms with Gasteiger partial charge in [-0.1, -0.05) is 29.8 Å². The monoisotopic (exact) mass is 303 g/mol. The molecule has 1 amide bonds. The lowest BCUT2D eigenvalue weighted by Crippen LogP contribution is -2.17. The van der Waals surface area contributed by atoms with Crippen LogP contribution in [0.4, 0.5) is 5.69 Å². The second-order valence-corrected chi connectivity index (χ2v) is 4.46. The number of halogens is 1. The van der Waals surface area contributed by atoms with Crippen LogP contribution in [-0.2, 0) is 0 Å². The summed E-state index contributed by atoms with van der Waals surface area (Å²) in [5, 5.41) is 15.0. The summed E-state index contributed by atoms with van der Waals surface area (Å²) in [6.07, 6.45) is 1.22. The van der Waals surface area contributed by atoms with Gasteiger partial charge in [-0.2, -0.15) is 5.10 Å². The lowest BCUT2D eigenvalue weighted by atomic mass is 10.2. The molecule has 0 aromatic heterocycles. The predicted molar refractivity (Wildman–Crippen MR) is 79.6 cm³/mol. The van der Waals surface area contributed by atoms with Crippen molar-refractivity contribution in [1.29, 1.82) is 0 Å². The molecule has 2 aromatic rings. The van der Waals surface area contributed by atoms with E-state index in [9.17, 15) is 14.9 Å². The van der Waals surface area contributed by atoms with E-state index in [-0.39, 0.29) is 5.69 Å². The van der Waals surface area contributed by atoms with E-state index < -0.39 is 10.8 Å². The first-order valence-electron chi connectivity index (χ1n) is 5.90. The fraction of sp³-hybridized carbons (Fsp3) is 0. The summed E-state index contributed by atoms with van der Waals surface area (Å²) in [6.45, 7) is 0. The molecule has 0 heterocycles. The summed E-state index contributed by atoms with van der Waals surface area (Å²) in [5.41, 5.74) is 2.85. The Labute approximate surface area is 125 Å². The number of nitro groups is 1. The van der Waals surface area contributed by atoms with Gasteiger partial charge in [0.1, 0.15) is 0 Å². The van der Waals surface area contributed by atoms with E-state index in [4.69, 9.17) is 11.6 Å². The van der Waals surface area contributed by atoms with Crippen LogP contribution in [0.15, 0.2) is 53.6 Å². The highest BCUT2D eigenvalue weighted by atomic mass is 35.5. The number of rotatable bonds is 4. The minimum Gasteiger partial charge on any atom is -0.267 e. The Hall–Kier alpha value is -2.73. The maximum Gasteiger partial charge on any atom is 0.278 e. The van der Waals surface area contributed by atoms with Crippen molar-refractivity contribution in [2.24, 2.45) is 5.10 Å².